The van der Waals surface area contributed by atoms with Gasteiger partial charge in [-0.15, -0.1) is 0 Å². The van der Waals surface area contributed by atoms with Gasteiger partial charge in [-0.1, -0.05) is 18.2 Å². The van der Waals surface area contributed by atoms with Gasteiger partial charge >= 0.3 is 5.97 Å². The number of aryl methyl sites for hydroxylation is 2. The second-order valence-corrected chi connectivity index (χ2v) is 5.48. The first-order valence-electron chi connectivity index (χ1n) is 6.18. The van der Waals surface area contributed by atoms with E-state index in [1.165, 1.54) is 0 Å². The molecule has 0 fully saturated rings. The van der Waals surface area contributed by atoms with E-state index in [0.29, 0.717) is 18.4 Å². The van der Waals surface area contributed by atoms with Gasteiger partial charge in [0.2, 0.25) is 0 Å². The molecule has 0 saturated carbocycles. The van der Waals surface area contributed by atoms with Gasteiger partial charge in [0.15, 0.2) is 0 Å². The minimum atomic E-state index is -0.473. The maximum absolute atomic E-state index is 12.6. The lowest BCUT2D eigenvalue weighted by Gasteiger charge is -2.19. The molecule has 1 rings (SSSR count). The zero-order valence-corrected chi connectivity index (χ0v) is 11.5. The van der Waals surface area contributed by atoms with Crippen LogP contribution in [0.1, 0.15) is 43.9 Å². The topological polar surface area (TPSA) is 26.3 Å². The molecule has 0 unspecified atom stereocenters. The van der Waals surface area contributed by atoms with Gasteiger partial charge < -0.3 is 4.74 Å². The molecule has 0 heterocycles. The first-order valence-corrected chi connectivity index (χ1v) is 6.18. The second kappa shape index (κ2) is 5.98. The molecule has 0 N–H and O–H groups in total. The molecule has 1 aromatic rings. The van der Waals surface area contributed by atoms with E-state index >= 15 is 0 Å². The van der Waals surface area contributed by atoms with Crippen molar-refractivity contribution in [3.8, 4) is 0 Å². The Labute approximate surface area is 108 Å². The number of ether oxygens (including phenoxy) is 1. The van der Waals surface area contributed by atoms with Gasteiger partial charge in [0.1, 0.15) is 12.3 Å². The van der Waals surface area contributed by atoms with E-state index in [2.05, 4.69) is 0 Å². The van der Waals surface area contributed by atoms with E-state index in [1.807, 2.05) is 39.8 Å². The molecular formula is C15H21FO2. The quantitative estimate of drug-likeness (QED) is 0.763. The Hall–Kier alpha value is -1.38. The number of carbonyl (C=O) groups excluding carboxylic acids is 1. The van der Waals surface area contributed by atoms with Crippen molar-refractivity contribution in [1.29, 1.82) is 0 Å². The molecule has 3 heteroatoms. The number of esters is 1. The lowest BCUT2D eigenvalue weighted by Crippen LogP contribution is -2.24. The summed E-state index contributed by atoms with van der Waals surface area (Å²) in [6.07, 6.45) is 0.919. The van der Waals surface area contributed by atoms with Crippen LogP contribution >= 0.6 is 0 Å². The van der Waals surface area contributed by atoms with Crippen LogP contribution in [0.5, 0.6) is 0 Å². The summed E-state index contributed by atoms with van der Waals surface area (Å²) >= 11 is 0. The Bertz CT molecular complexity index is 419. The van der Waals surface area contributed by atoms with Crippen molar-refractivity contribution in [2.75, 3.05) is 0 Å². The summed E-state index contributed by atoms with van der Waals surface area (Å²) in [6, 6.07) is 5.48. The standard InChI is InChI=1S/C15H21FO2/c1-11-5-6-12(10-16)9-13(11)7-8-14(17)18-15(2,3)4/h5-6,9H,7-8,10H2,1-4H3. The number of benzene rings is 1. The van der Waals surface area contributed by atoms with Crippen LogP contribution < -0.4 is 0 Å². The molecule has 0 saturated heterocycles. The molecule has 0 aromatic heterocycles. The highest BCUT2D eigenvalue weighted by molar-refractivity contribution is 5.70. The molecule has 0 bridgehead atoms. The monoisotopic (exact) mass is 252 g/mol. The van der Waals surface area contributed by atoms with Crippen LogP contribution in [0.15, 0.2) is 18.2 Å². The minimum absolute atomic E-state index is 0.215. The Morgan fingerprint density at radius 1 is 1.33 bits per heavy atom. The zero-order valence-electron chi connectivity index (χ0n) is 11.5. The van der Waals surface area contributed by atoms with Crippen molar-refractivity contribution in [3.63, 3.8) is 0 Å². The van der Waals surface area contributed by atoms with E-state index in [1.54, 1.807) is 6.07 Å². The molecule has 0 aliphatic rings. The van der Waals surface area contributed by atoms with Crippen LogP contribution in [0.2, 0.25) is 0 Å². The van der Waals surface area contributed by atoms with Crippen molar-refractivity contribution in [3.05, 3.63) is 34.9 Å². The SMILES string of the molecule is Cc1ccc(CF)cc1CCC(=O)OC(C)(C)C. The van der Waals surface area contributed by atoms with Crippen molar-refractivity contribution in [2.24, 2.45) is 0 Å². The van der Waals surface area contributed by atoms with Crippen LogP contribution in [0.3, 0.4) is 0 Å². The number of hydrogen-bond acceptors (Lipinski definition) is 2. The van der Waals surface area contributed by atoms with Crippen molar-refractivity contribution in [2.45, 2.75) is 52.8 Å². The molecule has 18 heavy (non-hydrogen) atoms. The Kier molecular flexibility index (Phi) is 4.88. The van der Waals surface area contributed by atoms with Gasteiger partial charge in [0, 0.05) is 6.42 Å². The summed E-state index contributed by atoms with van der Waals surface area (Å²) in [4.78, 5) is 11.6. The Morgan fingerprint density at radius 3 is 2.56 bits per heavy atom. The number of alkyl halides is 1. The molecule has 0 amide bonds. The van der Waals surface area contributed by atoms with Crippen molar-refractivity contribution in [1.82, 2.24) is 0 Å². The minimum Gasteiger partial charge on any atom is -0.460 e. The van der Waals surface area contributed by atoms with Crippen molar-refractivity contribution >= 4 is 5.97 Å². The van der Waals surface area contributed by atoms with Crippen LogP contribution in [0, 0.1) is 6.92 Å². The van der Waals surface area contributed by atoms with Gasteiger partial charge in [0.25, 0.3) is 0 Å². The highest BCUT2D eigenvalue weighted by atomic mass is 19.1. The maximum atomic E-state index is 12.6. The van der Waals surface area contributed by atoms with Gasteiger partial charge in [-0.05, 0) is 50.8 Å². The Balaban J connectivity index is 2.60. The average molecular weight is 252 g/mol. The fraction of sp³-hybridized carbons (Fsp3) is 0.533. The van der Waals surface area contributed by atoms with Crippen molar-refractivity contribution < 1.29 is 13.9 Å². The summed E-state index contributed by atoms with van der Waals surface area (Å²) in [6.45, 7) is 7.03. The first-order chi connectivity index (χ1) is 8.31. The summed E-state index contributed by atoms with van der Waals surface area (Å²) in [5.74, 6) is -0.215. The van der Waals surface area contributed by atoms with Crippen LogP contribution in [0.25, 0.3) is 0 Å². The van der Waals surface area contributed by atoms with E-state index in [4.69, 9.17) is 4.74 Å². The summed E-state index contributed by atoms with van der Waals surface area (Å²) < 4.78 is 17.8. The third-order valence-corrected chi connectivity index (χ3v) is 2.59. The van der Waals surface area contributed by atoms with E-state index < -0.39 is 12.3 Å². The van der Waals surface area contributed by atoms with E-state index in [0.717, 1.165) is 11.1 Å². The molecule has 0 radical (unpaired) electrons. The summed E-state index contributed by atoms with van der Waals surface area (Å²) in [5.41, 5.74) is 2.29. The van der Waals surface area contributed by atoms with Gasteiger partial charge in [-0.3, -0.25) is 4.79 Å². The largest absolute Gasteiger partial charge is 0.460 e. The summed E-state index contributed by atoms with van der Waals surface area (Å²) in [5, 5.41) is 0. The Morgan fingerprint density at radius 2 is 2.00 bits per heavy atom. The highest BCUT2D eigenvalue weighted by Crippen LogP contribution is 2.16. The maximum Gasteiger partial charge on any atom is 0.306 e. The fourth-order valence-electron chi connectivity index (χ4n) is 1.71. The third kappa shape index (κ3) is 4.86. The van der Waals surface area contributed by atoms with Crippen LogP contribution in [-0.2, 0) is 22.6 Å². The molecule has 0 atom stereocenters. The normalized spacial score (nSPS) is 11.4. The van der Waals surface area contributed by atoms with E-state index in [-0.39, 0.29) is 5.97 Å². The number of hydrogen-bond donors (Lipinski definition) is 0. The lowest BCUT2D eigenvalue weighted by atomic mass is 10.0. The number of rotatable bonds is 4. The molecule has 2 nitrogen and oxygen atoms in total. The van der Waals surface area contributed by atoms with Gasteiger partial charge in [0.05, 0.1) is 0 Å². The molecule has 0 spiro atoms. The predicted octanol–water partition coefficient (Wildman–Crippen LogP) is 3.74. The third-order valence-electron chi connectivity index (χ3n) is 2.59. The molecule has 0 aliphatic heterocycles. The molecular weight excluding hydrogens is 231 g/mol. The molecule has 100 valence electrons. The van der Waals surface area contributed by atoms with Crippen LogP contribution in [-0.4, -0.2) is 11.6 Å². The zero-order chi connectivity index (χ0) is 13.8. The van der Waals surface area contributed by atoms with Gasteiger partial charge in [-0.25, -0.2) is 4.39 Å². The van der Waals surface area contributed by atoms with Crippen LogP contribution in [0.4, 0.5) is 4.39 Å². The van der Waals surface area contributed by atoms with Gasteiger partial charge in [-0.2, -0.15) is 0 Å². The number of halogens is 1. The fourth-order valence-corrected chi connectivity index (χ4v) is 1.71. The summed E-state index contributed by atoms with van der Waals surface area (Å²) in [7, 11) is 0. The first kappa shape index (κ1) is 14.7. The lowest BCUT2D eigenvalue weighted by molar-refractivity contribution is -0.154. The highest BCUT2D eigenvalue weighted by Gasteiger charge is 2.16. The smallest absolute Gasteiger partial charge is 0.306 e. The molecule has 0 aliphatic carbocycles. The number of carbonyl (C=O) groups is 1. The van der Waals surface area contributed by atoms with E-state index in [9.17, 15) is 9.18 Å². The average Bonchev–Trinajstić information content (AvgIpc) is 2.25. The predicted molar refractivity (Wildman–Crippen MR) is 70.2 cm³/mol. The molecule has 1 aromatic carbocycles. The second-order valence-electron chi connectivity index (χ2n) is 5.48.